The zero-order valence-electron chi connectivity index (χ0n) is 12.5. The van der Waals surface area contributed by atoms with E-state index in [2.05, 4.69) is 24.5 Å². The van der Waals surface area contributed by atoms with Crippen molar-refractivity contribution >= 4 is 11.6 Å². The minimum Gasteiger partial charge on any atom is -0.491 e. The average Bonchev–Trinajstić information content (AvgIpc) is 2.85. The van der Waals surface area contributed by atoms with Gasteiger partial charge in [0.15, 0.2) is 0 Å². The molecule has 110 valence electrons. The van der Waals surface area contributed by atoms with Gasteiger partial charge in [0, 0.05) is 6.04 Å². The largest absolute Gasteiger partial charge is 0.491 e. The minimum atomic E-state index is 0.0373. The summed E-state index contributed by atoms with van der Waals surface area (Å²) in [5.41, 5.74) is 1.90. The second-order valence-corrected chi connectivity index (χ2v) is 5.48. The Kier molecular flexibility index (Phi) is 5.01. The van der Waals surface area contributed by atoms with Crippen molar-refractivity contribution < 1.29 is 9.53 Å². The smallest absolute Gasteiger partial charge is 0.229 e. The molecule has 20 heavy (non-hydrogen) atoms. The van der Waals surface area contributed by atoms with Gasteiger partial charge in [0.05, 0.1) is 18.2 Å². The summed E-state index contributed by atoms with van der Waals surface area (Å²) >= 11 is 0. The van der Waals surface area contributed by atoms with Gasteiger partial charge in [-0.05, 0) is 50.9 Å². The van der Waals surface area contributed by atoms with Crippen LogP contribution in [0.15, 0.2) is 18.2 Å². The fourth-order valence-corrected chi connectivity index (χ4v) is 2.51. The lowest BCUT2D eigenvalue weighted by molar-refractivity contribution is -0.120. The van der Waals surface area contributed by atoms with Crippen LogP contribution in [0.4, 0.5) is 5.69 Å². The molecule has 1 fully saturated rings. The van der Waals surface area contributed by atoms with E-state index in [1.807, 2.05) is 25.1 Å². The van der Waals surface area contributed by atoms with E-state index in [9.17, 15) is 4.79 Å². The summed E-state index contributed by atoms with van der Waals surface area (Å²) in [6.07, 6.45) is 1.84. The number of carbonyl (C=O) groups is 1. The van der Waals surface area contributed by atoms with Crippen LogP contribution >= 0.6 is 0 Å². The second kappa shape index (κ2) is 6.75. The average molecular weight is 276 g/mol. The Hall–Kier alpha value is -1.55. The van der Waals surface area contributed by atoms with Crippen LogP contribution in [0.3, 0.4) is 0 Å². The molecule has 2 unspecified atom stereocenters. The van der Waals surface area contributed by atoms with E-state index in [1.165, 1.54) is 0 Å². The first-order valence-corrected chi connectivity index (χ1v) is 7.39. The summed E-state index contributed by atoms with van der Waals surface area (Å²) < 4.78 is 5.73. The number of carbonyl (C=O) groups excluding carboxylic acids is 1. The van der Waals surface area contributed by atoms with Crippen molar-refractivity contribution in [2.24, 2.45) is 5.92 Å². The summed E-state index contributed by atoms with van der Waals surface area (Å²) in [6.45, 7) is 7.72. The van der Waals surface area contributed by atoms with Gasteiger partial charge in [-0.3, -0.25) is 4.79 Å². The molecule has 2 N–H and O–H groups in total. The number of nitrogens with one attached hydrogen (secondary N) is 2. The van der Waals surface area contributed by atoms with E-state index < -0.39 is 0 Å². The molecule has 1 aliphatic heterocycles. The number of hydrogen-bond acceptors (Lipinski definition) is 3. The maximum Gasteiger partial charge on any atom is 0.229 e. The van der Waals surface area contributed by atoms with Gasteiger partial charge in [0.1, 0.15) is 5.75 Å². The quantitative estimate of drug-likeness (QED) is 0.869. The Bertz CT molecular complexity index is 474. The highest BCUT2D eigenvalue weighted by molar-refractivity contribution is 5.94. The first-order chi connectivity index (χ1) is 9.61. The van der Waals surface area contributed by atoms with Crippen LogP contribution in [-0.4, -0.2) is 25.1 Å². The third-order valence-corrected chi connectivity index (χ3v) is 3.72. The van der Waals surface area contributed by atoms with Gasteiger partial charge >= 0.3 is 0 Å². The molecule has 0 saturated carbocycles. The van der Waals surface area contributed by atoms with E-state index in [1.54, 1.807) is 0 Å². The van der Waals surface area contributed by atoms with E-state index in [4.69, 9.17) is 4.74 Å². The topological polar surface area (TPSA) is 50.4 Å². The Balaban J connectivity index is 2.09. The van der Waals surface area contributed by atoms with Crippen molar-refractivity contribution in [3.8, 4) is 5.75 Å². The zero-order chi connectivity index (χ0) is 14.5. The molecular formula is C16H24N2O2. The Morgan fingerprint density at radius 2 is 2.30 bits per heavy atom. The third-order valence-electron chi connectivity index (χ3n) is 3.72. The fraction of sp³-hybridized carbons (Fsp3) is 0.562. The van der Waals surface area contributed by atoms with Crippen molar-refractivity contribution in [2.45, 2.75) is 39.7 Å². The molecule has 1 aromatic rings. The first kappa shape index (κ1) is 14.9. The van der Waals surface area contributed by atoms with Crippen LogP contribution < -0.4 is 15.4 Å². The highest BCUT2D eigenvalue weighted by atomic mass is 16.5. The van der Waals surface area contributed by atoms with E-state index in [0.717, 1.165) is 36.4 Å². The molecule has 1 saturated heterocycles. The predicted molar refractivity (Wildman–Crippen MR) is 81.2 cm³/mol. The molecule has 0 bridgehead atoms. The van der Waals surface area contributed by atoms with Crippen LogP contribution in [0.1, 0.15) is 32.3 Å². The van der Waals surface area contributed by atoms with Crippen molar-refractivity contribution in [1.29, 1.82) is 0 Å². The number of benzene rings is 1. The number of hydrogen-bond donors (Lipinski definition) is 2. The van der Waals surface area contributed by atoms with Crippen molar-refractivity contribution in [1.82, 2.24) is 5.32 Å². The Labute approximate surface area is 120 Å². The highest BCUT2D eigenvalue weighted by Crippen LogP contribution is 2.27. The normalized spacial score (nSPS) is 21.8. The summed E-state index contributed by atoms with van der Waals surface area (Å²) in [6, 6.07) is 6.12. The standard InChI is InChI=1S/C16H24N2O2/c1-4-9-20-15-10-11(2)5-6-14(15)18-16(19)13-7-8-17-12(13)3/h5-6,10,12-13,17H,4,7-9H2,1-3H3,(H,18,19). The van der Waals surface area contributed by atoms with Crippen LogP contribution in [0.25, 0.3) is 0 Å². The molecule has 4 heteroatoms. The van der Waals surface area contributed by atoms with Crippen molar-refractivity contribution in [3.05, 3.63) is 23.8 Å². The molecular weight excluding hydrogens is 252 g/mol. The monoisotopic (exact) mass is 276 g/mol. The van der Waals surface area contributed by atoms with Crippen LogP contribution in [-0.2, 0) is 4.79 Å². The third kappa shape index (κ3) is 3.51. The van der Waals surface area contributed by atoms with Crippen LogP contribution in [0, 0.1) is 12.8 Å². The lowest BCUT2D eigenvalue weighted by Crippen LogP contribution is -2.32. The molecule has 1 heterocycles. The Morgan fingerprint density at radius 3 is 2.95 bits per heavy atom. The number of aryl methyl sites for hydroxylation is 1. The van der Waals surface area contributed by atoms with E-state index in [0.29, 0.717) is 6.61 Å². The molecule has 2 rings (SSSR count). The van der Waals surface area contributed by atoms with Crippen LogP contribution in [0.5, 0.6) is 5.75 Å². The molecule has 0 aliphatic carbocycles. The second-order valence-electron chi connectivity index (χ2n) is 5.48. The van der Waals surface area contributed by atoms with Gasteiger partial charge in [-0.15, -0.1) is 0 Å². The Morgan fingerprint density at radius 1 is 1.50 bits per heavy atom. The highest BCUT2D eigenvalue weighted by Gasteiger charge is 2.29. The SMILES string of the molecule is CCCOc1cc(C)ccc1NC(=O)C1CCNC1C. The summed E-state index contributed by atoms with van der Waals surface area (Å²) in [5.74, 6) is 0.877. The maximum atomic E-state index is 12.3. The molecule has 1 aliphatic rings. The van der Waals surface area contributed by atoms with Gasteiger partial charge in [0.25, 0.3) is 0 Å². The minimum absolute atomic E-state index is 0.0373. The van der Waals surface area contributed by atoms with E-state index in [-0.39, 0.29) is 17.9 Å². The summed E-state index contributed by atoms with van der Waals surface area (Å²) in [5, 5.41) is 6.32. The lowest BCUT2D eigenvalue weighted by Gasteiger charge is -2.17. The lowest BCUT2D eigenvalue weighted by atomic mass is 10.0. The van der Waals surface area contributed by atoms with Crippen molar-refractivity contribution in [2.75, 3.05) is 18.5 Å². The predicted octanol–water partition coefficient (Wildman–Crippen LogP) is 2.72. The fourth-order valence-electron chi connectivity index (χ4n) is 2.51. The van der Waals surface area contributed by atoms with E-state index >= 15 is 0 Å². The maximum absolute atomic E-state index is 12.3. The molecule has 4 nitrogen and oxygen atoms in total. The van der Waals surface area contributed by atoms with Gasteiger partial charge < -0.3 is 15.4 Å². The molecule has 0 aromatic heterocycles. The van der Waals surface area contributed by atoms with Crippen LogP contribution in [0.2, 0.25) is 0 Å². The first-order valence-electron chi connectivity index (χ1n) is 7.39. The van der Waals surface area contributed by atoms with Crippen molar-refractivity contribution in [3.63, 3.8) is 0 Å². The van der Waals surface area contributed by atoms with Gasteiger partial charge in [0.2, 0.25) is 5.91 Å². The van der Waals surface area contributed by atoms with Gasteiger partial charge in [-0.1, -0.05) is 13.0 Å². The summed E-state index contributed by atoms with van der Waals surface area (Å²) in [7, 11) is 0. The molecule has 2 atom stereocenters. The number of anilines is 1. The van der Waals surface area contributed by atoms with Gasteiger partial charge in [-0.25, -0.2) is 0 Å². The summed E-state index contributed by atoms with van der Waals surface area (Å²) in [4.78, 5) is 12.3. The molecule has 1 aromatic carbocycles. The number of amides is 1. The molecule has 1 amide bonds. The zero-order valence-corrected chi connectivity index (χ0v) is 12.5. The molecule has 0 radical (unpaired) electrons. The van der Waals surface area contributed by atoms with Gasteiger partial charge in [-0.2, -0.15) is 0 Å². The number of rotatable bonds is 5. The molecule has 0 spiro atoms. The number of ether oxygens (including phenoxy) is 1.